The topological polar surface area (TPSA) is 29.9 Å². The molecule has 1 fully saturated rings. The Kier molecular flexibility index (Phi) is 2.59. The average Bonchev–Trinajstić information content (AvgIpc) is 2.93. The molecule has 2 rings (SSSR count). The molecule has 78 valence electrons. The number of aromatic nitrogens is 2. The maximum atomic E-state index is 4.35. The van der Waals surface area contributed by atoms with E-state index in [4.69, 9.17) is 0 Å². The van der Waals surface area contributed by atoms with Crippen LogP contribution in [0.5, 0.6) is 0 Å². The molecule has 14 heavy (non-hydrogen) atoms. The van der Waals surface area contributed by atoms with Crippen molar-refractivity contribution < 1.29 is 0 Å². The van der Waals surface area contributed by atoms with Crippen LogP contribution in [-0.2, 0) is 13.5 Å². The van der Waals surface area contributed by atoms with Gasteiger partial charge in [-0.15, -0.1) is 0 Å². The van der Waals surface area contributed by atoms with Crippen molar-refractivity contribution in [3.63, 3.8) is 0 Å². The van der Waals surface area contributed by atoms with Crippen LogP contribution in [0.25, 0.3) is 0 Å². The minimum absolute atomic E-state index is 0.539. The van der Waals surface area contributed by atoms with Crippen LogP contribution in [0.3, 0.4) is 0 Å². The molecule has 1 aromatic heterocycles. The fourth-order valence-electron chi connectivity index (χ4n) is 1.96. The molecule has 0 aliphatic heterocycles. The molecule has 1 unspecified atom stereocenters. The lowest BCUT2D eigenvalue weighted by Gasteiger charge is -2.10. The van der Waals surface area contributed by atoms with E-state index in [1.165, 1.54) is 24.1 Å². The fourth-order valence-corrected chi connectivity index (χ4v) is 1.96. The molecular weight excluding hydrogens is 174 g/mol. The number of nitrogens with zero attached hydrogens (tertiary/aromatic N) is 2. The van der Waals surface area contributed by atoms with E-state index in [-0.39, 0.29) is 0 Å². The molecule has 0 saturated heterocycles. The minimum Gasteiger partial charge on any atom is -0.317 e. The van der Waals surface area contributed by atoms with Crippen LogP contribution in [-0.4, -0.2) is 22.9 Å². The van der Waals surface area contributed by atoms with Crippen molar-refractivity contribution in [2.75, 3.05) is 7.05 Å². The summed E-state index contributed by atoms with van der Waals surface area (Å²) in [6.45, 7) is 2.21. The lowest BCUT2D eigenvalue weighted by atomic mass is 10.1. The number of aryl methyl sites for hydroxylation is 1. The molecule has 1 aliphatic rings. The molecule has 0 bridgehead atoms. The molecule has 1 heterocycles. The minimum atomic E-state index is 0.539. The summed E-state index contributed by atoms with van der Waals surface area (Å²) in [5.74, 6) is 0.793. The van der Waals surface area contributed by atoms with Gasteiger partial charge in [-0.05, 0) is 38.8 Å². The van der Waals surface area contributed by atoms with Gasteiger partial charge in [0.05, 0.1) is 6.20 Å². The zero-order valence-electron chi connectivity index (χ0n) is 9.25. The largest absolute Gasteiger partial charge is 0.317 e. The number of hydrogen-bond acceptors (Lipinski definition) is 2. The summed E-state index contributed by atoms with van der Waals surface area (Å²) in [5, 5.41) is 7.63. The van der Waals surface area contributed by atoms with Crippen LogP contribution in [0.15, 0.2) is 6.20 Å². The normalized spacial score (nSPS) is 18.5. The Morgan fingerprint density at radius 2 is 2.36 bits per heavy atom. The number of rotatable bonds is 4. The zero-order valence-corrected chi connectivity index (χ0v) is 9.25. The molecule has 3 heteroatoms. The van der Waals surface area contributed by atoms with Crippen LogP contribution >= 0.6 is 0 Å². The highest BCUT2D eigenvalue weighted by molar-refractivity contribution is 5.26. The molecular formula is C11H19N3. The van der Waals surface area contributed by atoms with Crippen molar-refractivity contribution in [2.24, 2.45) is 7.05 Å². The predicted molar refractivity (Wildman–Crippen MR) is 57.4 cm³/mol. The van der Waals surface area contributed by atoms with E-state index in [9.17, 15) is 0 Å². The Morgan fingerprint density at radius 3 is 2.93 bits per heavy atom. The van der Waals surface area contributed by atoms with Crippen LogP contribution in [0.4, 0.5) is 0 Å². The maximum absolute atomic E-state index is 4.35. The molecule has 3 nitrogen and oxygen atoms in total. The number of hydrogen-bond donors (Lipinski definition) is 1. The van der Waals surface area contributed by atoms with E-state index in [2.05, 4.69) is 29.1 Å². The third-order valence-corrected chi connectivity index (χ3v) is 3.05. The first kappa shape index (κ1) is 9.71. The number of likely N-dealkylation sites (N-methyl/N-ethyl adjacent to an activating group) is 1. The first-order valence-corrected chi connectivity index (χ1v) is 5.40. The van der Waals surface area contributed by atoms with E-state index in [0.717, 1.165) is 12.3 Å². The van der Waals surface area contributed by atoms with E-state index >= 15 is 0 Å². The van der Waals surface area contributed by atoms with Crippen LogP contribution in [0, 0.1) is 0 Å². The van der Waals surface area contributed by atoms with Gasteiger partial charge in [0.25, 0.3) is 0 Å². The third kappa shape index (κ3) is 1.82. The highest BCUT2D eigenvalue weighted by Crippen LogP contribution is 2.41. The van der Waals surface area contributed by atoms with E-state index in [0.29, 0.717) is 6.04 Å². The van der Waals surface area contributed by atoms with Crippen LogP contribution in [0.2, 0.25) is 0 Å². The second kappa shape index (κ2) is 3.73. The molecule has 1 aliphatic carbocycles. The van der Waals surface area contributed by atoms with Crippen LogP contribution < -0.4 is 5.32 Å². The van der Waals surface area contributed by atoms with Gasteiger partial charge >= 0.3 is 0 Å². The first-order valence-electron chi connectivity index (χ1n) is 5.40. The predicted octanol–water partition coefficient (Wildman–Crippen LogP) is 1.45. The summed E-state index contributed by atoms with van der Waals surface area (Å²) < 4.78 is 2.05. The second-order valence-corrected chi connectivity index (χ2v) is 4.35. The van der Waals surface area contributed by atoms with Gasteiger partial charge in [-0.2, -0.15) is 5.10 Å². The van der Waals surface area contributed by atoms with Crippen LogP contribution in [0.1, 0.15) is 36.9 Å². The van der Waals surface area contributed by atoms with Crippen molar-refractivity contribution in [2.45, 2.75) is 38.1 Å². The van der Waals surface area contributed by atoms with E-state index in [1.54, 1.807) is 0 Å². The Morgan fingerprint density at radius 1 is 1.64 bits per heavy atom. The third-order valence-electron chi connectivity index (χ3n) is 3.05. The van der Waals surface area contributed by atoms with Gasteiger partial charge in [0, 0.05) is 24.7 Å². The molecule has 1 saturated carbocycles. The summed E-state index contributed by atoms with van der Waals surface area (Å²) in [6.07, 6.45) is 5.82. The first-order chi connectivity index (χ1) is 6.72. The van der Waals surface area contributed by atoms with Gasteiger partial charge in [-0.3, -0.25) is 4.68 Å². The highest BCUT2D eigenvalue weighted by Gasteiger charge is 2.29. The van der Waals surface area contributed by atoms with E-state index < -0.39 is 0 Å². The summed E-state index contributed by atoms with van der Waals surface area (Å²) in [4.78, 5) is 0. The Balaban J connectivity index is 2.15. The summed E-state index contributed by atoms with van der Waals surface area (Å²) in [5.41, 5.74) is 2.89. The average molecular weight is 193 g/mol. The number of nitrogens with one attached hydrogen (secondary N) is 1. The second-order valence-electron chi connectivity index (χ2n) is 4.35. The lowest BCUT2D eigenvalue weighted by Crippen LogP contribution is -2.23. The van der Waals surface area contributed by atoms with Crippen molar-refractivity contribution in [1.82, 2.24) is 15.1 Å². The van der Waals surface area contributed by atoms with Gasteiger partial charge in [-0.1, -0.05) is 0 Å². The Hall–Kier alpha value is -0.830. The van der Waals surface area contributed by atoms with Gasteiger partial charge in [-0.25, -0.2) is 0 Å². The Bertz CT molecular complexity index is 312. The van der Waals surface area contributed by atoms with Gasteiger partial charge < -0.3 is 5.32 Å². The standard InChI is InChI=1S/C11H19N3/c1-8(12-2)6-10-7-13-14(3)11(10)9-4-5-9/h7-9,12H,4-6H2,1-3H3. The lowest BCUT2D eigenvalue weighted by molar-refractivity contribution is 0.603. The Labute approximate surface area is 85.5 Å². The van der Waals surface area contributed by atoms with Crippen molar-refractivity contribution in [3.8, 4) is 0 Å². The molecule has 1 aromatic rings. The summed E-state index contributed by atoms with van der Waals surface area (Å²) >= 11 is 0. The smallest absolute Gasteiger partial charge is 0.0525 e. The van der Waals surface area contributed by atoms with Crippen molar-refractivity contribution in [1.29, 1.82) is 0 Å². The molecule has 1 atom stereocenters. The van der Waals surface area contributed by atoms with Crippen molar-refractivity contribution >= 4 is 0 Å². The van der Waals surface area contributed by atoms with E-state index in [1.807, 2.05) is 13.2 Å². The molecule has 1 N–H and O–H groups in total. The SMILES string of the molecule is CNC(C)Cc1cnn(C)c1C1CC1. The van der Waals surface area contributed by atoms with Gasteiger partial charge in [0.1, 0.15) is 0 Å². The van der Waals surface area contributed by atoms with Crippen molar-refractivity contribution in [3.05, 3.63) is 17.5 Å². The molecule has 0 amide bonds. The fraction of sp³-hybridized carbons (Fsp3) is 0.727. The highest BCUT2D eigenvalue weighted by atomic mass is 15.3. The van der Waals surface area contributed by atoms with Gasteiger partial charge in [0.2, 0.25) is 0 Å². The maximum Gasteiger partial charge on any atom is 0.0525 e. The molecule has 0 radical (unpaired) electrons. The molecule has 0 aromatic carbocycles. The zero-order chi connectivity index (χ0) is 10.1. The quantitative estimate of drug-likeness (QED) is 0.784. The summed E-state index contributed by atoms with van der Waals surface area (Å²) in [7, 11) is 4.07. The summed E-state index contributed by atoms with van der Waals surface area (Å²) in [6, 6.07) is 0.539. The monoisotopic (exact) mass is 193 g/mol. The molecule has 0 spiro atoms. The van der Waals surface area contributed by atoms with Gasteiger partial charge in [0.15, 0.2) is 0 Å².